The molecule has 0 aliphatic heterocycles. The van der Waals surface area contributed by atoms with E-state index in [2.05, 4.69) is 5.32 Å². The number of non-ortho nitro benzene ring substituents is 1. The summed E-state index contributed by atoms with van der Waals surface area (Å²) < 4.78 is 26.0. The van der Waals surface area contributed by atoms with Gasteiger partial charge >= 0.3 is 0 Å². The van der Waals surface area contributed by atoms with E-state index in [4.69, 9.17) is 0 Å². The third kappa shape index (κ3) is 8.06. The quantitative estimate of drug-likeness (QED) is 0.349. The number of rotatable bonds is 12. The Morgan fingerprint density at radius 1 is 1.09 bits per heavy atom. The molecule has 0 spiro atoms. The minimum Gasteiger partial charge on any atom is -0.352 e. The van der Waals surface area contributed by atoms with Crippen LogP contribution in [0, 0.1) is 10.1 Å². The van der Waals surface area contributed by atoms with Crippen LogP contribution >= 0.6 is 0 Å². The summed E-state index contributed by atoms with van der Waals surface area (Å²) in [7, 11) is -3.97. The number of benzene rings is 2. The molecule has 1 N–H and O–H groups in total. The summed E-state index contributed by atoms with van der Waals surface area (Å²) in [5.74, 6) is -0.909. The van der Waals surface area contributed by atoms with Gasteiger partial charge in [0.2, 0.25) is 21.8 Å². The molecule has 0 aliphatic carbocycles. The van der Waals surface area contributed by atoms with Crippen LogP contribution in [-0.2, 0) is 26.0 Å². The highest BCUT2D eigenvalue weighted by Crippen LogP contribution is 2.23. The second kappa shape index (κ2) is 12.3. The van der Waals surface area contributed by atoms with Crippen molar-refractivity contribution in [3.05, 3.63) is 70.3 Å². The van der Waals surface area contributed by atoms with Gasteiger partial charge in [-0.25, -0.2) is 8.42 Å². The molecular weight excluding hydrogens is 472 g/mol. The molecule has 35 heavy (non-hydrogen) atoms. The van der Waals surface area contributed by atoms with Crippen molar-refractivity contribution in [3.8, 4) is 0 Å². The number of nitro benzene ring substituents is 1. The molecule has 2 aromatic rings. The summed E-state index contributed by atoms with van der Waals surface area (Å²) >= 11 is 0. The molecule has 0 aromatic heterocycles. The third-order valence-corrected chi connectivity index (χ3v) is 6.45. The van der Waals surface area contributed by atoms with E-state index in [0.717, 1.165) is 22.2 Å². The van der Waals surface area contributed by atoms with Gasteiger partial charge in [-0.05, 0) is 38.3 Å². The van der Waals surface area contributed by atoms with Gasteiger partial charge in [-0.2, -0.15) is 0 Å². The number of carbonyl (C=O) groups is 2. The Morgan fingerprint density at radius 3 is 2.29 bits per heavy atom. The minimum atomic E-state index is -3.97. The first kappa shape index (κ1) is 27.8. The van der Waals surface area contributed by atoms with Gasteiger partial charge in [-0.3, -0.25) is 24.0 Å². The summed E-state index contributed by atoms with van der Waals surface area (Å²) in [6, 6.07) is 13.6. The van der Waals surface area contributed by atoms with Gasteiger partial charge in [0.25, 0.3) is 5.69 Å². The Hall–Kier alpha value is -3.47. The summed E-state index contributed by atoms with van der Waals surface area (Å²) in [6.07, 6.45) is 1.72. The van der Waals surface area contributed by atoms with E-state index in [0.29, 0.717) is 12.8 Å². The number of nitrogens with one attached hydrogen (secondary N) is 1. The van der Waals surface area contributed by atoms with Gasteiger partial charge in [0.15, 0.2) is 0 Å². The van der Waals surface area contributed by atoms with Crippen LogP contribution in [0.5, 0.6) is 0 Å². The van der Waals surface area contributed by atoms with Crippen molar-refractivity contribution < 1.29 is 22.9 Å². The number of hydrogen-bond acceptors (Lipinski definition) is 6. The fourth-order valence-electron chi connectivity index (χ4n) is 3.65. The zero-order chi connectivity index (χ0) is 26.2. The molecule has 0 heterocycles. The number of hydrogen-bond donors (Lipinski definition) is 1. The molecule has 10 nitrogen and oxygen atoms in total. The molecule has 0 bridgehead atoms. The molecule has 190 valence electrons. The van der Waals surface area contributed by atoms with Crippen molar-refractivity contribution in [1.82, 2.24) is 10.2 Å². The average Bonchev–Trinajstić information content (AvgIpc) is 2.79. The van der Waals surface area contributed by atoms with Crippen molar-refractivity contribution in [1.29, 1.82) is 0 Å². The first-order valence-electron chi connectivity index (χ1n) is 11.3. The van der Waals surface area contributed by atoms with E-state index in [1.165, 1.54) is 23.1 Å². The molecule has 0 unspecified atom stereocenters. The van der Waals surface area contributed by atoms with Gasteiger partial charge in [0.05, 0.1) is 16.9 Å². The van der Waals surface area contributed by atoms with Crippen LogP contribution in [0.25, 0.3) is 0 Å². The van der Waals surface area contributed by atoms with Crippen molar-refractivity contribution in [2.24, 2.45) is 0 Å². The van der Waals surface area contributed by atoms with Crippen molar-refractivity contribution >= 4 is 33.2 Å². The van der Waals surface area contributed by atoms with Crippen molar-refractivity contribution in [3.63, 3.8) is 0 Å². The lowest BCUT2D eigenvalue weighted by atomic mass is 10.1. The lowest BCUT2D eigenvalue weighted by molar-refractivity contribution is -0.384. The Kier molecular flexibility index (Phi) is 9.76. The second-order valence-electron chi connectivity index (χ2n) is 8.46. The normalized spacial score (nSPS) is 12.1. The molecule has 1 atom stereocenters. The lowest BCUT2D eigenvalue weighted by Gasteiger charge is -2.33. The molecule has 0 radical (unpaired) electrons. The first-order valence-corrected chi connectivity index (χ1v) is 13.1. The second-order valence-corrected chi connectivity index (χ2v) is 10.4. The van der Waals surface area contributed by atoms with Crippen LogP contribution in [0.15, 0.2) is 54.6 Å². The van der Waals surface area contributed by atoms with Gasteiger partial charge in [0.1, 0.15) is 12.6 Å². The number of carbonyl (C=O) groups excluding carboxylic acids is 2. The van der Waals surface area contributed by atoms with E-state index in [9.17, 15) is 28.1 Å². The Bertz CT molecular complexity index is 1140. The van der Waals surface area contributed by atoms with Gasteiger partial charge < -0.3 is 10.2 Å². The maximum absolute atomic E-state index is 13.5. The highest BCUT2D eigenvalue weighted by Gasteiger charge is 2.32. The van der Waals surface area contributed by atoms with Gasteiger partial charge in [-0.1, -0.05) is 43.3 Å². The number of nitrogens with zero attached hydrogens (tertiary/aromatic N) is 3. The minimum absolute atomic E-state index is 0.00209. The lowest BCUT2D eigenvalue weighted by Crippen LogP contribution is -2.54. The third-order valence-electron chi connectivity index (χ3n) is 5.31. The Balaban J connectivity index is 2.40. The molecule has 11 heteroatoms. The van der Waals surface area contributed by atoms with Crippen LogP contribution in [0.1, 0.15) is 32.8 Å². The standard InChI is InChI=1S/C24H32N4O6S/c1-5-22(24(30)25-18(2)3)26(15-14-19-10-7-6-8-11-19)23(29)17-27(35(4,33)34)20-12-9-13-21(16-20)28(31)32/h6-13,16,18,22H,5,14-15,17H2,1-4H3,(H,25,30)/t22-/m1/s1. The van der Waals surface area contributed by atoms with Gasteiger partial charge in [-0.15, -0.1) is 0 Å². The smallest absolute Gasteiger partial charge is 0.271 e. The van der Waals surface area contributed by atoms with E-state index < -0.39 is 33.4 Å². The maximum Gasteiger partial charge on any atom is 0.271 e. The Labute approximate surface area is 206 Å². The average molecular weight is 505 g/mol. The van der Waals surface area contributed by atoms with Crippen LogP contribution in [-0.4, -0.2) is 61.5 Å². The highest BCUT2D eigenvalue weighted by molar-refractivity contribution is 7.92. The highest BCUT2D eigenvalue weighted by atomic mass is 32.2. The van der Waals surface area contributed by atoms with E-state index >= 15 is 0 Å². The Morgan fingerprint density at radius 2 is 1.74 bits per heavy atom. The summed E-state index contributed by atoms with van der Waals surface area (Å²) in [5.41, 5.74) is 0.660. The molecule has 0 saturated carbocycles. The van der Waals surface area contributed by atoms with E-state index in [1.807, 2.05) is 44.2 Å². The largest absolute Gasteiger partial charge is 0.352 e. The van der Waals surface area contributed by atoms with Crippen LogP contribution in [0.4, 0.5) is 11.4 Å². The molecule has 2 amide bonds. The molecular formula is C24H32N4O6S. The fraction of sp³-hybridized carbons (Fsp3) is 0.417. The molecule has 0 aliphatic rings. The summed E-state index contributed by atoms with van der Waals surface area (Å²) in [4.78, 5) is 38.3. The SMILES string of the molecule is CC[C@H](C(=O)NC(C)C)N(CCc1ccccc1)C(=O)CN(c1cccc([N+](=O)[O-])c1)S(C)(=O)=O. The number of anilines is 1. The zero-order valence-corrected chi connectivity index (χ0v) is 21.2. The van der Waals surface area contributed by atoms with E-state index in [-0.39, 0.29) is 29.9 Å². The molecule has 2 aromatic carbocycles. The number of nitro groups is 1. The summed E-state index contributed by atoms with van der Waals surface area (Å²) in [6.45, 7) is 5.00. The fourth-order valence-corrected chi connectivity index (χ4v) is 4.49. The van der Waals surface area contributed by atoms with Crippen LogP contribution in [0.2, 0.25) is 0 Å². The van der Waals surface area contributed by atoms with Crippen LogP contribution in [0.3, 0.4) is 0 Å². The van der Waals surface area contributed by atoms with Gasteiger partial charge in [0, 0.05) is 24.7 Å². The molecule has 2 rings (SSSR count). The number of sulfonamides is 1. The molecule has 0 saturated heterocycles. The number of amides is 2. The predicted molar refractivity (Wildman–Crippen MR) is 135 cm³/mol. The summed E-state index contributed by atoms with van der Waals surface area (Å²) in [5, 5.41) is 14.0. The molecule has 0 fully saturated rings. The van der Waals surface area contributed by atoms with Crippen molar-refractivity contribution in [2.75, 3.05) is 23.7 Å². The monoisotopic (exact) mass is 504 g/mol. The zero-order valence-electron chi connectivity index (χ0n) is 20.4. The van der Waals surface area contributed by atoms with Crippen molar-refractivity contribution in [2.45, 2.75) is 45.7 Å². The maximum atomic E-state index is 13.5. The van der Waals surface area contributed by atoms with E-state index in [1.54, 1.807) is 6.92 Å². The predicted octanol–water partition coefficient (Wildman–Crippen LogP) is 2.74. The first-order chi connectivity index (χ1) is 16.4. The van der Waals surface area contributed by atoms with Crippen LogP contribution < -0.4 is 9.62 Å². The topological polar surface area (TPSA) is 130 Å².